The van der Waals surface area contributed by atoms with E-state index in [9.17, 15) is 13.2 Å². The van der Waals surface area contributed by atoms with Crippen molar-refractivity contribution in [2.75, 3.05) is 17.1 Å². The molecule has 1 amide bonds. The van der Waals surface area contributed by atoms with E-state index in [1.54, 1.807) is 54.9 Å². The number of sulfonamides is 1. The predicted molar refractivity (Wildman–Crippen MR) is 124 cm³/mol. The van der Waals surface area contributed by atoms with Crippen molar-refractivity contribution in [3.63, 3.8) is 0 Å². The minimum Gasteiger partial charge on any atom is -0.352 e. The summed E-state index contributed by atoms with van der Waals surface area (Å²) < 4.78 is 26.0. The second-order valence-corrected chi connectivity index (χ2v) is 9.58. The molecule has 0 radical (unpaired) electrons. The molecular formula is C22H21Cl2N3O3S. The molecule has 0 fully saturated rings. The molecule has 0 saturated heterocycles. The van der Waals surface area contributed by atoms with Gasteiger partial charge in [0.1, 0.15) is 0 Å². The molecular weight excluding hydrogens is 457 g/mol. The summed E-state index contributed by atoms with van der Waals surface area (Å²) in [6, 6.07) is 15.2. The molecule has 3 aromatic rings. The summed E-state index contributed by atoms with van der Waals surface area (Å²) >= 11 is 12.3. The van der Waals surface area contributed by atoms with Crippen LogP contribution in [0.25, 0.3) is 0 Å². The molecule has 0 aliphatic carbocycles. The van der Waals surface area contributed by atoms with Gasteiger partial charge in [-0.2, -0.15) is 0 Å². The van der Waals surface area contributed by atoms with Gasteiger partial charge in [-0.15, -0.1) is 0 Å². The molecule has 6 nitrogen and oxygen atoms in total. The highest BCUT2D eigenvalue weighted by atomic mass is 35.5. The maximum Gasteiger partial charge on any atom is 0.251 e. The Morgan fingerprint density at radius 2 is 1.71 bits per heavy atom. The summed E-state index contributed by atoms with van der Waals surface area (Å²) in [4.78, 5) is 16.4. The summed E-state index contributed by atoms with van der Waals surface area (Å²) in [6.45, 7) is 0.503. The van der Waals surface area contributed by atoms with E-state index in [1.807, 2.05) is 12.1 Å². The number of pyridine rings is 1. The molecule has 0 unspecified atom stereocenters. The Morgan fingerprint density at radius 1 is 1.03 bits per heavy atom. The first-order valence-corrected chi connectivity index (χ1v) is 12.0. The quantitative estimate of drug-likeness (QED) is 0.523. The van der Waals surface area contributed by atoms with Gasteiger partial charge in [-0.3, -0.25) is 14.1 Å². The lowest BCUT2D eigenvalue weighted by Crippen LogP contribution is -2.29. The van der Waals surface area contributed by atoms with Crippen LogP contribution < -0.4 is 9.62 Å². The van der Waals surface area contributed by atoms with Crippen molar-refractivity contribution >= 4 is 44.8 Å². The lowest BCUT2D eigenvalue weighted by atomic mass is 10.1. The van der Waals surface area contributed by atoms with Gasteiger partial charge in [0.25, 0.3) is 5.91 Å². The second kappa shape index (κ2) is 10.1. The summed E-state index contributed by atoms with van der Waals surface area (Å²) in [7, 11) is -3.60. The van der Waals surface area contributed by atoms with Crippen LogP contribution in [0, 0.1) is 0 Å². The maximum atomic E-state index is 12.4. The Hall–Kier alpha value is -2.61. The Balaban J connectivity index is 1.71. The highest BCUT2D eigenvalue weighted by molar-refractivity contribution is 7.92. The Bertz CT molecular complexity index is 1150. The third-order valence-corrected chi connectivity index (χ3v) is 6.61. The first kappa shape index (κ1) is 23.1. The van der Waals surface area contributed by atoms with Gasteiger partial charge in [-0.25, -0.2) is 8.42 Å². The van der Waals surface area contributed by atoms with Gasteiger partial charge in [0.05, 0.1) is 28.5 Å². The van der Waals surface area contributed by atoms with Crippen LogP contribution in [0.2, 0.25) is 10.0 Å². The zero-order valence-corrected chi connectivity index (χ0v) is 19.1. The monoisotopic (exact) mass is 477 g/mol. The summed E-state index contributed by atoms with van der Waals surface area (Å²) in [5.74, 6) is -0.232. The van der Waals surface area contributed by atoms with Gasteiger partial charge in [-0.05, 0) is 60.0 Å². The fourth-order valence-corrected chi connectivity index (χ4v) is 4.23. The minimum absolute atomic E-state index is 0.0235. The highest BCUT2D eigenvalue weighted by Gasteiger charge is 2.20. The minimum atomic E-state index is -3.60. The lowest BCUT2D eigenvalue weighted by Gasteiger charge is -2.23. The van der Waals surface area contributed by atoms with Crippen LogP contribution in [-0.2, 0) is 23.0 Å². The number of anilines is 1. The third kappa shape index (κ3) is 6.19. The molecule has 1 aromatic heterocycles. The van der Waals surface area contributed by atoms with Crippen LogP contribution in [0.15, 0.2) is 67.0 Å². The molecule has 0 bridgehead atoms. The van der Waals surface area contributed by atoms with Gasteiger partial charge in [0.15, 0.2) is 0 Å². The normalized spacial score (nSPS) is 11.2. The zero-order chi connectivity index (χ0) is 22.4. The molecule has 1 heterocycles. The van der Waals surface area contributed by atoms with Gasteiger partial charge >= 0.3 is 0 Å². The second-order valence-electron chi connectivity index (χ2n) is 6.89. The van der Waals surface area contributed by atoms with Crippen molar-refractivity contribution in [1.82, 2.24) is 10.3 Å². The number of nitrogens with one attached hydrogen (secondary N) is 1. The smallest absolute Gasteiger partial charge is 0.251 e. The fraction of sp³-hybridized carbons (Fsp3) is 0.182. The average molecular weight is 478 g/mol. The number of carbonyl (C=O) groups is 1. The van der Waals surface area contributed by atoms with Crippen molar-refractivity contribution < 1.29 is 13.2 Å². The number of nitrogens with zero attached hydrogens (tertiary/aromatic N) is 2. The van der Waals surface area contributed by atoms with E-state index in [0.29, 0.717) is 39.8 Å². The number of benzene rings is 2. The van der Waals surface area contributed by atoms with E-state index >= 15 is 0 Å². The molecule has 3 rings (SSSR count). The molecule has 0 aliphatic heterocycles. The van der Waals surface area contributed by atoms with Crippen molar-refractivity contribution in [3.05, 3.63) is 93.7 Å². The molecule has 0 saturated carbocycles. The summed E-state index contributed by atoms with van der Waals surface area (Å²) in [5.41, 5.74) is 2.52. The van der Waals surface area contributed by atoms with Crippen LogP contribution in [0.1, 0.15) is 21.5 Å². The molecule has 0 spiro atoms. The van der Waals surface area contributed by atoms with Crippen LogP contribution in [0.3, 0.4) is 0 Å². The van der Waals surface area contributed by atoms with Crippen LogP contribution in [-0.4, -0.2) is 32.1 Å². The Morgan fingerprint density at radius 3 is 2.35 bits per heavy atom. The number of carbonyl (C=O) groups excluding carboxylic acids is 1. The van der Waals surface area contributed by atoms with Crippen LogP contribution in [0.4, 0.5) is 5.69 Å². The molecule has 31 heavy (non-hydrogen) atoms. The van der Waals surface area contributed by atoms with Gasteiger partial charge in [-0.1, -0.05) is 35.3 Å². The van der Waals surface area contributed by atoms with E-state index in [0.717, 1.165) is 11.8 Å². The molecule has 162 valence electrons. The van der Waals surface area contributed by atoms with E-state index in [4.69, 9.17) is 23.2 Å². The number of hydrogen-bond donors (Lipinski definition) is 1. The summed E-state index contributed by atoms with van der Waals surface area (Å²) in [5, 5.41) is 3.52. The topological polar surface area (TPSA) is 79.4 Å². The fourth-order valence-electron chi connectivity index (χ4n) is 2.98. The first-order valence-electron chi connectivity index (χ1n) is 9.43. The van der Waals surface area contributed by atoms with Gasteiger partial charge < -0.3 is 5.32 Å². The maximum absolute atomic E-state index is 12.4. The molecule has 0 atom stereocenters. The number of aromatic nitrogens is 1. The number of amides is 1. The summed E-state index contributed by atoms with van der Waals surface area (Å²) in [6.07, 6.45) is 5.22. The zero-order valence-electron chi connectivity index (χ0n) is 16.8. The number of halogens is 2. The Labute approximate surface area is 191 Å². The van der Waals surface area contributed by atoms with E-state index in [2.05, 4.69) is 10.3 Å². The highest BCUT2D eigenvalue weighted by Crippen LogP contribution is 2.29. The van der Waals surface area contributed by atoms with E-state index in [-0.39, 0.29) is 12.5 Å². The van der Waals surface area contributed by atoms with E-state index < -0.39 is 10.0 Å². The molecule has 1 N–H and O–H groups in total. The predicted octanol–water partition coefficient (Wildman–Crippen LogP) is 4.33. The average Bonchev–Trinajstić information content (AvgIpc) is 2.75. The van der Waals surface area contributed by atoms with Crippen LogP contribution >= 0.6 is 23.2 Å². The van der Waals surface area contributed by atoms with Crippen molar-refractivity contribution in [3.8, 4) is 0 Å². The van der Waals surface area contributed by atoms with Crippen LogP contribution in [0.5, 0.6) is 0 Å². The van der Waals surface area contributed by atoms with Crippen molar-refractivity contribution in [2.24, 2.45) is 0 Å². The SMILES string of the molecule is CS(=O)(=O)N(Cc1cccc(Cl)c1Cl)c1ccc(C(=O)NCCc2ccncc2)cc1. The number of hydrogen-bond acceptors (Lipinski definition) is 4. The van der Waals surface area contributed by atoms with Gasteiger partial charge in [0, 0.05) is 24.5 Å². The lowest BCUT2D eigenvalue weighted by molar-refractivity contribution is 0.0954. The largest absolute Gasteiger partial charge is 0.352 e. The van der Waals surface area contributed by atoms with Crippen molar-refractivity contribution in [2.45, 2.75) is 13.0 Å². The standard InChI is InChI=1S/C22H21Cl2N3O3S/c1-31(29,30)27(15-18-3-2-4-20(23)21(18)24)19-7-5-17(6-8-19)22(28)26-14-11-16-9-12-25-13-10-16/h2-10,12-13H,11,14-15H2,1H3,(H,26,28). The third-order valence-electron chi connectivity index (χ3n) is 4.61. The number of rotatable bonds is 8. The molecule has 9 heteroatoms. The molecule has 2 aromatic carbocycles. The molecule has 0 aliphatic rings. The van der Waals surface area contributed by atoms with E-state index in [1.165, 1.54) is 4.31 Å². The Kier molecular flexibility index (Phi) is 7.54. The first-order chi connectivity index (χ1) is 14.8. The van der Waals surface area contributed by atoms with Gasteiger partial charge in [0.2, 0.25) is 10.0 Å². The van der Waals surface area contributed by atoms with Crippen molar-refractivity contribution in [1.29, 1.82) is 0 Å².